The molecule has 1 aliphatic carbocycles. The zero-order chi connectivity index (χ0) is 15.1. The normalized spacial score (nSPS) is 16.8. The minimum atomic E-state index is -0.889. The summed E-state index contributed by atoms with van der Waals surface area (Å²) >= 11 is 0. The molecule has 1 saturated carbocycles. The Morgan fingerprint density at radius 3 is 2.00 bits per heavy atom. The molecular weight excluding hydrogens is 331 g/mol. The standard InChI is InChI=1S/C12H18NO3.C3H7.Y/c1-9(10(15)11(2,3)4)13-16-12(8-14)6-5-7-12;1-3-2;/h5-7H2,1-4H3;3H,1-2H3;/q2*-1;/b13-9+;;. The molecule has 0 N–H and O–H groups in total. The molecule has 0 aliphatic heterocycles. The summed E-state index contributed by atoms with van der Waals surface area (Å²) < 4.78 is 0. The number of nitrogens with zero attached hydrogens (tertiary/aromatic N) is 1. The van der Waals surface area contributed by atoms with Crippen LogP contribution >= 0.6 is 0 Å². The predicted molar refractivity (Wildman–Crippen MR) is 76.6 cm³/mol. The van der Waals surface area contributed by atoms with E-state index in [1.165, 1.54) is 0 Å². The molecule has 1 aliphatic rings. The third kappa shape index (κ3) is 7.07. The summed E-state index contributed by atoms with van der Waals surface area (Å²) in [4.78, 5) is 27.6. The molecule has 4 nitrogen and oxygen atoms in total. The topological polar surface area (TPSA) is 55.7 Å². The van der Waals surface area contributed by atoms with Gasteiger partial charge in [-0.2, -0.15) is 13.8 Å². The number of carbonyl (C=O) groups excluding carboxylic acids is 2. The zero-order valence-electron chi connectivity index (χ0n) is 13.4. The Labute approximate surface area is 148 Å². The summed E-state index contributed by atoms with van der Waals surface area (Å²) in [6.45, 7) is 11.1. The van der Waals surface area contributed by atoms with Crippen LogP contribution in [0.5, 0.6) is 0 Å². The van der Waals surface area contributed by atoms with E-state index in [1.807, 2.05) is 47.3 Å². The van der Waals surface area contributed by atoms with E-state index in [1.54, 1.807) is 6.92 Å². The number of hydrogen-bond acceptors (Lipinski definition) is 4. The summed E-state index contributed by atoms with van der Waals surface area (Å²) in [6, 6.07) is 0. The number of hydrogen-bond donors (Lipinski definition) is 0. The molecule has 0 heterocycles. The molecule has 0 saturated heterocycles. The van der Waals surface area contributed by atoms with Crippen LogP contribution in [0.1, 0.15) is 60.8 Å². The van der Waals surface area contributed by atoms with Crippen molar-refractivity contribution in [3.63, 3.8) is 0 Å². The maximum absolute atomic E-state index is 11.8. The van der Waals surface area contributed by atoms with E-state index in [0.29, 0.717) is 18.6 Å². The minimum Gasteiger partial charge on any atom is -0.538 e. The fourth-order valence-corrected chi connectivity index (χ4v) is 1.45. The molecule has 0 unspecified atom stereocenters. The van der Waals surface area contributed by atoms with Gasteiger partial charge >= 0.3 is 0 Å². The van der Waals surface area contributed by atoms with Crippen LogP contribution in [0.15, 0.2) is 5.16 Å². The van der Waals surface area contributed by atoms with Gasteiger partial charge in [0, 0.05) is 43.7 Å². The molecule has 0 aromatic carbocycles. The van der Waals surface area contributed by atoms with Gasteiger partial charge in [0.15, 0.2) is 5.78 Å². The van der Waals surface area contributed by atoms with Gasteiger partial charge in [-0.15, -0.1) is 0 Å². The van der Waals surface area contributed by atoms with Crippen molar-refractivity contribution in [3.8, 4) is 0 Å². The van der Waals surface area contributed by atoms with E-state index in [-0.39, 0.29) is 38.5 Å². The van der Waals surface area contributed by atoms with Crippen molar-refractivity contribution in [3.05, 3.63) is 6.42 Å². The van der Waals surface area contributed by atoms with Gasteiger partial charge in [0.1, 0.15) is 5.71 Å². The average molecular weight is 356 g/mol. The molecule has 113 valence electrons. The first kappa shape index (κ1) is 22.2. The molecule has 0 amide bonds. The smallest absolute Gasteiger partial charge is 0.185 e. The van der Waals surface area contributed by atoms with Gasteiger partial charge in [0.05, 0.1) is 0 Å². The second-order valence-corrected chi connectivity index (χ2v) is 5.87. The summed E-state index contributed by atoms with van der Waals surface area (Å²) in [5, 5.41) is 3.76. The fraction of sp³-hybridized carbons (Fsp3) is 0.733. The second kappa shape index (κ2) is 9.78. The molecule has 0 spiro atoms. The fourth-order valence-electron chi connectivity index (χ4n) is 1.45. The Balaban J connectivity index is 0. The van der Waals surface area contributed by atoms with Crippen molar-refractivity contribution in [1.82, 2.24) is 0 Å². The van der Waals surface area contributed by atoms with Crippen molar-refractivity contribution in [2.75, 3.05) is 0 Å². The Morgan fingerprint density at radius 2 is 1.75 bits per heavy atom. The number of oxime groups is 1. The Bertz CT molecular complexity index is 342. The van der Waals surface area contributed by atoms with E-state index in [2.05, 4.69) is 5.16 Å². The molecule has 0 atom stereocenters. The van der Waals surface area contributed by atoms with Crippen LogP contribution in [-0.2, 0) is 47.1 Å². The Hall–Kier alpha value is -0.0861. The third-order valence-electron chi connectivity index (χ3n) is 2.71. The first-order valence-corrected chi connectivity index (χ1v) is 6.63. The SMILES string of the molecule is C/C(=N\OC1([C-]=O)CCC1)C(=O)C(C)(C)C.C[CH-]C.[Y]. The molecule has 0 aromatic rings. The van der Waals surface area contributed by atoms with E-state index < -0.39 is 11.0 Å². The van der Waals surface area contributed by atoms with Gasteiger partial charge in [-0.05, 0) is 19.8 Å². The molecule has 0 aromatic heterocycles. The predicted octanol–water partition coefficient (Wildman–Crippen LogP) is 3.25. The van der Waals surface area contributed by atoms with Crippen LogP contribution in [0.2, 0.25) is 0 Å². The van der Waals surface area contributed by atoms with E-state index in [4.69, 9.17) is 4.84 Å². The van der Waals surface area contributed by atoms with Crippen LogP contribution in [0.4, 0.5) is 0 Å². The molecule has 1 fully saturated rings. The number of ketones is 1. The summed E-state index contributed by atoms with van der Waals surface area (Å²) in [5.74, 6) is -0.0760. The molecule has 5 heteroatoms. The molecule has 1 radical (unpaired) electrons. The van der Waals surface area contributed by atoms with Gasteiger partial charge in [-0.25, -0.2) is 6.29 Å². The number of Topliss-reactive ketones (excluding diaryl/α,β-unsaturated/α-hetero) is 1. The quantitative estimate of drug-likeness (QED) is 0.441. The second-order valence-electron chi connectivity index (χ2n) is 5.87. The van der Waals surface area contributed by atoms with Crippen molar-refractivity contribution in [2.24, 2.45) is 10.6 Å². The third-order valence-corrected chi connectivity index (χ3v) is 2.71. The van der Waals surface area contributed by atoms with Crippen LogP contribution in [0, 0.1) is 11.8 Å². The Morgan fingerprint density at radius 1 is 1.30 bits per heavy atom. The van der Waals surface area contributed by atoms with Crippen LogP contribution in [0.25, 0.3) is 0 Å². The van der Waals surface area contributed by atoms with E-state index >= 15 is 0 Å². The van der Waals surface area contributed by atoms with E-state index in [9.17, 15) is 9.59 Å². The van der Waals surface area contributed by atoms with Crippen molar-refractivity contribution < 1.29 is 47.1 Å². The first-order chi connectivity index (χ1) is 8.72. The molecular formula is C15H25NO3Y-2. The van der Waals surface area contributed by atoms with Crippen molar-refractivity contribution >= 4 is 17.8 Å². The minimum absolute atomic E-state index is 0. The molecule has 20 heavy (non-hydrogen) atoms. The van der Waals surface area contributed by atoms with Crippen molar-refractivity contribution in [1.29, 1.82) is 0 Å². The van der Waals surface area contributed by atoms with Crippen LogP contribution < -0.4 is 0 Å². The summed E-state index contributed by atoms with van der Waals surface area (Å²) in [6.07, 6.45) is 6.07. The molecule has 0 bridgehead atoms. The van der Waals surface area contributed by atoms with Crippen LogP contribution in [0.3, 0.4) is 0 Å². The van der Waals surface area contributed by atoms with Gasteiger partial charge in [-0.1, -0.05) is 32.3 Å². The molecule has 1 rings (SSSR count). The van der Waals surface area contributed by atoms with Gasteiger partial charge in [0.2, 0.25) is 0 Å². The van der Waals surface area contributed by atoms with E-state index in [0.717, 1.165) is 6.42 Å². The first-order valence-electron chi connectivity index (χ1n) is 6.63. The summed E-state index contributed by atoms with van der Waals surface area (Å²) in [5.41, 5.74) is -1.07. The average Bonchev–Trinajstić information content (AvgIpc) is 2.26. The van der Waals surface area contributed by atoms with Gasteiger partial charge in [-0.3, -0.25) is 4.79 Å². The number of rotatable bonds is 4. The van der Waals surface area contributed by atoms with Gasteiger partial charge in [0.25, 0.3) is 0 Å². The monoisotopic (exact) mass is 356 g/mol. The van der Waals surface area contributed by atoms with Crippen molar-refractivity contribution in [2.45, 2.75) is 66.4 Å². The zero-order valence-corrected chi connectivity index (χ0v) is 16.3. The maximum Gasteiger partial charge on any atom is 0.185 e. The Kier molecular flexibility index (Phi) is 10.9. The van der Waals surface area contributed by atoms with Gasteiger partial charge < -0.3 is 16.1 Å². The number of carbonyl (C=O) groups is 1. The largest absolute Gasteiger partial charge is 0.538 e. The maximum atomic E-state index is 11.8. The summed E-state index contributed by atoms with van der Waals surface area (Å²) in [7, 11) is 0. The van der Waals surface area contributed by atoms with Crippen LogP contribution in [-0.4, -0.2) is 23.4 Å².